The lowest BCUT2D eigenvalue weighted by atomic mass is 10.0. The molecular weight excluding hydrogens is 420 g/mol. The molecule has 138 valence electrons. The van der Waals surface area contributed by atoms with Gasteiger partial charge in [-0.15, -0.1) is 0 Å². The number of carbonyl (C=O) groups excluding carboxylic acids is 1. The summed E-state index contributed by atoms with van der Waals surface area (Å²) in [4.78, 5) is 12.6. The first-order valence-corrected chi connectivity index (χ1v) is 10.3. The molecule has 0 saturated carbocycles. The average molecular weight is 439 g/mol. The molecule has 0 aromatic heterocycles. The van der Waals surface area contributed by atoms with Crippen molar-refractivity contribution in [1.29, 1.82) is 0 Å². The van der Waals surface area contributed by atoms with E-state index in [9.17, 15) is 13.2 Å². The van der Waals surface area contributed by atoms with E-state index >= 15 is 0 Å². The van der Waals surface area contributed by atoms with Crippen LogP contribution in [0.4, 0.5) is 0 Å². The number of hydrogen-bond donors (Lipinski definition) is 1. The number of rotatable bonds is 5. The van der Waals surface area contributed by atoms with Gasteiger partial charge >= 0.3 is 0 Å². The predicted octanol–water partition coefficient (Wildman–Crippen LogP) is 2.71. The van der Waals surface area contributed by atoms with Crippen LogP contribution >= 0.6 is 15.9 Å². The Balaban J connectivity index is 1.69. The van der Waals surface area contributed by atoms with E-state index in [4.69, 9.17) is 4.74 Å². The number of amides is 1. The summed E-state index contributed by atoms with van der Waals surface area (Å²) >= 11 is 3.42. The normalized spacial score (nSPS) is 16.7. The number of fused-ring (bicyclic) bond motifs is 1. The standard InChI is InChI=1S/C18H19BrN2O4S/c1-21(26(23,24)14-5-3-2-4-6-14)12-18(22)20-16-9-10-25-17-8-7-13(19)11-15(16)17/h2-8,11,16H,9-10,12H2,1H3,(H,20,22). The van der Waals surface area contributed by atoms with Crippen molar-refractivity contribution in [1.82, 2.24) is 9.62 Å². The van der Waals surface area contributed by atoms with Gasteiger partial charge < -0.3 is 10.1 Å². The largest absolute Gasteiger partial charge is 0.493 e. The zero-order valence-corrected chi connectivity index (χ0v) is 16.6. The predicted molar refractivity (Wildman–Crippen MR) is 101 cm³/mol. The Bertz CT molecular complexity index is 903. The fourth-order valence-corrected chi connectivity index (χ4v) is 4.34. The average Bonchev–Trinajstić information content (AvgIpc) is 2.63. The molecule has 1 N–H and O–H groups in total. The van der Waals surface area contributed by atoms with Crippen molar-refractivity contribution in [2.45, 2.75) is 17.4 Å². The Morgan fingerprint density at radius 3 is 2.73 bits per heavy atom. The van der Waals surface area contributed by atoms with E-state index in [1.165, 1.54) is 19.2 Å². The van der Waals surface area contributed by atoms with Gasteiger partial charge in [-0.2, -0.15) is 4.31 Å². The first kappa shape index (κ1) is 18.9. The highest BCUT2D eigenvalue weighted by Gasteiger charge is 2.26. The third-order valence-corrected chi connectivity index (χ3v) is 6.48. The Kier molecular flexibility index (Phi) is 5.64. The molecule has 1 amide bonds. The Hall–Kier alpha value is -1.90. The number of ether oxygens (including phenoxy) is 1. The van der Waals surface area contributed by atoms with Gasteiger partial charge in [0.2, 0.25) is 15.9 Å². The number of sulfonamides is 1. The number of carbonyl (C=O) groups is 1. The van der Waals surface area contributed by atoms with Crippen LogP contribution in [0.25, 0.3) is 0 Å². The van der Waals surface area contributed by atoms with Gasteiger partial charge in [0.25, 0.3) is 0 Å². The molecule has 0 aliphatic carbocycles. The maximum absolute atomic E-state index is 12.5. The molecule has 2 aromatic rings. The maximum Gasteiger partial charge on any atom is 0.243 e. The molecule has 3 rings (SSSR count). The number of halogens is 1. The summed E-state index contributed by atoms with van der Waals surface area (Å²) in [5.41, 5.74) is 0.882. The molecule has 6 nitrogen and oxygen atoms in total. The first-order chi connectivity index (χ1) is 12.4. The molecule has 1 aliphatic heterocycles. The van der Waals surface area contributed by atoms with Crippen LogP contribution in [0.2, 0.25) is 0 Å². The Morgan fingerprint density at radius 1 is 1.27 bits per heavy atom. The van der Waals surface area contributed by atoms with Crippen molar-refractivity contribution in [3.05, 3.63) is 58.6 Å². The number of likely N-dealkylation sites (N-methyl/N-ethyl adjacent to an activating group) is 1. The van der Waals surface area contributed by atoms with Gasteiger partial charge in [-0.25, -0.2) is 8.42 Å². The summed E-state index contributed by atoms with van der Waals surface area (Å²) in [6.07, 6.45) is 0.629. The molecule has 0 radical (unpaired) electrons. The zero-order valence-electron chi connectivity index (χ0n) is 14.2. The number of hydrogen-bond acceptors (Lipinski definition) is 4. The molecule has 1 heterocycles. The third-order valence-electron chi connectivity index (χ3n) is 4.16. The second kappa shape index (κ2) is 7.77. The molecule has 1 unspecified atom stereocenters. The molecule has 0 bridgehead atoms. The van der Waals surface area contributed by atoms with Gasteiger partial charge in [-0.3, -0.25) is 4.79 Å². The highest BCUT2D eigenvalue weighted by Crippen LogP contribution is 2.34. The lowest BCUT2D eigenvalue weighted by Crippen LogP contribution is -2.40. The van der Waals surface area contributed by atoms with E-state index in [2.05, 4.69) is 21.2 Å². The lowest BCUT2D eigenvalue weighted by molar-refractivity contribution is -0.122. The van der Waals surface area contributed by atoms with Crippen LogP contribution in [-0.2, 0) is 14.8 Å². The van der Waals surface area contributed by atoms with Gasteiger partial charge in [0, 0.05) is 23.5 Å². The van der Waals surface area contributed by atoms with E-state index < -0.39 is 10.0 Å². The first-order valence-electron chi connectivity index (χ1n) is 8.11. The van der Waals surface area contributed by atoms with Crippen molar-refractivity contribution < 1.29 is 17.9 Å². The van der Waals surface area contributed by atoms with Crippen molar-refractivity contribution in [3.63, 3.8) is 0 Å². The third kappa shape index (κ3) is 4.08. The summed E-state index contributed by atoms with van der Waals surface area (Å²) in [5, 5.41) is 2.91. The summed E-state index contributed by atoms with van der Waals surface area (Å²) in [6.45, 7) is 0.246. The van der Waals surface area contributed by atoms with E-state index in [1.54, 1.807) is 18.2 Å². The van der Waals surface area contributed by atoms with Gasteiger partial charge in [0.05, 0.1) is 24.1 Å². The van der Waals surface area contributed by atoms with Crippen LogP contribution in [-0.4, -0.2) is 38.8 Å². The van der Waals surface area contributed by atoms with Crippen molar-refractivity contribution in [2.75, 3.05) is 20.2 Å². The van der Waals surface area contributed by atoms with Crippen molar-refractivity contribution >= 4 is 31.9 Å². The van der Waals surface area contributed by atoms with E-state index in [0.29, 0.717) is 13.0 Å². The summed E-state index contributed by atoms with van der Waals surface area (Å²) in [5.74, 6) is 0.375. The zero-order chi connectivity index (χ0) is 18.7. The molecule has 1 atom stereocenters. The molecule has 26 heavy (non-hydrogen) atoms. The van der Waals surface area contributed by atoms with Crippen LogP contribution in [0, 0.1) is 0 Å². The minimum atomic E-state index is -3.70. The molecular formula is C18H19BrN2O4S. The SMILES string of the molecule is CN(CC(=O)NC1CCOc2ccc(Br)cc21)S(=O)(=O)c1ccccc1. The highest BCUT2D eigenvalue weighted by atomic mass is 79.9. The Morgan fingerprint density at radius 2 is 2.00 bits per heavy atom. The molecule has 0 spiro atoms. The Labute approximate surface area is 161 Å². The van der Waals surface area contributed by atoms with Gasteiger partial charge in [0.1, 0.15) is 5.75 Å². The number of nitrogens with zero attached hydrogens (tertiary/aromatic N) is 1. The minimum absolute atomic E-state index is 0.163. The van der Waals surface area contributed by atoms with E-state index in [1.807, 2.05) is 18.2 Å². The van der Waals surface area contributed by atoms with Gasteiger partial charge in [-0.05, 0) is 30.3 Å². The lowest BCUT2D eigenvalue weighted by Gasteiger charge is -2.27. The van der Waals surface area contributed by atoms with Crippen LogP contribution in [0.5, 0.6) is 5.75 Å². The minimum Gasteiger partial charge on any atom is -0.493 e. The van der Waals surface area contributed by atoms with Crippen LogP contribution in [0.3, 0.4) is 0 Å². The molecule has 1 aliphatic rings. The van der Waals surface area contributed by atoms with E-state index in [0.717, 1.165) is 20.1 Å². The summed E-state index contributed by atoms with van der Waals surface area (Å²) in [7, 11) is -2.30. The van der Waals surface area contributed by atoms with E-state index in [-0.39, 0.29) is 23.4 Å². The van der Waals surface area contributed by atoms with Gasteiger partial charge in [0.15, 0.2) is 0 Å². The van der Waals surface area contributed by atoms with Crippen LogP contribution in [0.15, 0.2) is 57.9 Å². The second-order valence-corrected chi connectivity index (χ2v) is 8.97. The fraction of sp³-hybridized carbons (Fsp3) is 0.278. The summed E-state index contributed by atoms with van der Waals surface area (Å²) in [6, 6.07) is 13.5. The maximum atomic E-state index is 12.5. The second-order valence-electron chi connectivity index (χ2n) is 6.01. The van der Waals surface area contributed by atoms with Crippen molar-refractivity contribution in [3.8, 4) is 5.75 Å². The van der Waals surface area contributed by atoms with Gasteiger partial charge in [-0.1, -0.05) is 34.1 Å². The highest BCUT2D eigenvalue weighted by molar-refractivity contribution is 9.10. The monoisotopic (exact) mass is 438 g/mol. The molecule has 0 saturated heterocycles. The smallest absolute Gasteiger partial charge is 0.243 e. The molecule has 8 heteroatoms. The van der Waals surface area contributed by atoms with Crippen molar-refractivity contribution in [2.24, 2.45) is 0 Å². The van der Waals surface area contributed by atoms with Crippen LogP contribution < -0.4 is 10.1 Å². The molecule has 0 fully saturated rings. The molecule has 2 aromatic carbocycles. The summed E-state index contributed by atoms with van der Waals surface area (Å²) < 4.78 is 32.6. The topological polar surface area (TPSA) is 75.7 Å². The number of nitrogens with one attached hydrogen (secondary N) is 1. The number of benzene rings is 2. The van der Waals surface area contributed by atoms with Crippen LogP contribution in [0.1, 0.15) is 18.0 Å². The fourth-order valence-electron chi connectivity index (χ4n) is 2.81. The quantitative estimate of drug-likeness (QED) is 0.778.